The van der Waals surface area contributed by atoms with E-state index in [0.29, 0.717) is 17.4 Å². The lowest BCUT2D eigenvalue weighted by atomic mass is 10.2. The highest BCUT2D eigenvalue weighted by molar-refractivity contribution is 5.91. The van der Waals surface area contributed by atoms with Crippen LogP contribution in [0.1, 0.15) is 16.1 Å². The van der Waals surface area contributed by atoms with Crippen LogP contribution in [0.2, 0.25) is 0 Å². The van der Waals surface area contributed by atoms with Gasteiger partial charge in [0.25, 0.3) is 11.5 Å². The molecule has 5 rings (SSSR count). The molecule has 10 heteroatoms. The predicted molar refractivity (Wildman–Crippen MR) is 128 cm³/mol. The molecule has 2 aromatic carbocycles. The summed E-state index contributed by atoms with van der Waals surface area (Å²) in [5.74, 6) is 0.582. The second-order valence-corrected chi connectivity index (χ2v) is 7.64. The molecule has 0 aliphatic heterocycles. The van der Waals surface area contributed by atoms with E-state index < -0.39 is 5.91 Å². The van der Waals surface area contributed by atoms with Crippen LogP contribution in [0, 0.1) is 0 Å². The minimum absolute atomic E-state index is 0.150. The number of hydrogen-bond acceptors (Lipinski definition) is 7. The van der Waals surface area contributed by atoms with Gasteiger partial charge in [-0.25, -0.2) is 4.68 Å². The zero-order valence-electron chi connectivity index (χ0n) is 18.6. The van der Waals surface area contributed by atoms with Crippen LogP contribution >= 0.6 is 0 Å². The Morgan fingerprint density at radius 2 is 1.63 bits per heavy atom. The first-order valence-electron chi connectivity index (χ1n) is 11.0. The quantitative estimate of drug-likeness (QED) is 0.348. The second kappa shape index (κ2) is 9.96. The summed E-state index contributed by atoms with van der Waals surface area (Å²) in [6.45, 7) is 0.703. The van der Waals surface area contributed by atoms with Crippen LogP contribution in [0.3, 0.4) is 0 Å². The first-order valence-corrected chi connectivity index (χ1v) is 11.0. The summed E-state index contributed by atoms with van der Waals surface area (Å²) in [5.41, 5.74) is 2.27. The summed E-state index contributed by atoms with van der Waals surface area (Å²) in [4.78, 5) is 24.7. The van der Waals surface area contributed by atoms with Gasteiger partial charge in [-0.15, -0.1) is 15.3 Å². The molecule has 5 aromatic rings. The van der Waals surface area contributed by atoms with Gasteiger partial charge >= 0.3 is 0 Å². The number of rotatable bonds is 8. The summed E-state index contributed by atoms with van der Waals surface area (Å²) in [6, 6.07) is 25.3. The topological polar surface area (TPSA) is 116 Å². The van der Waals surface area contributed by atoms with Gasteiger partial charge in [0, 0.05) is 17.7 Å². The van der Waals surface area contributed by atoms with E-state index in [1.54, 1.807) is 16.6 Å². The summed E-state index contributed by atoms with van der Waals surface area (Å²) in [6.07, 6.45) is 0. The third kappa shape index (κ3) is 5.06. The van der Waals surface area contributed by atoms with Crippen molar-refractivity contribution in [1.82, 2.24) is 34.9 Å². The van der Waals surface area contributed by atoms with Gasteiger partial charge in [-0.3, -0.25) is 9.59 Å². The van der Waals surface area contributed by atoms with E-state index in [1.807, 2.05) is 60.7 Å². The minimum Gasteiger partial charge on any atom is -0.475 e. The SMILES string of the molecule is O=C(NCCOc1ccc2nnc(-c3ccccc3)n2n1)c1ccc(=O)n(Cc2ccccc2)n1. The Labute approximate surface area is 199 Å². The smallest absolute Gasteiger partial charge is 0.271 e. The molecule has 0 saturated carbocycles. The number of hydrogen-bond donors (Lipinski definition) is 1. The van der Waals surface area contributed by atoms with Crippen LogP contribution in [0.25, 0.3) is 17.0 Å². The fourth-order valence-electron chi connectivity index (χ4n) is 3.47. The van der Waals surface area contributed by atoms with Gasteiger partial charge in [0.2, 0.25) is 5.88 Å². The molecule has 0 spiro atoms. The number of aromatic nitrogens is 6. The highest BCUT2D eigenvalue weighted by Crippen LogP contribution is 2.18. The molecule has 0 aliphatic rings. The Bertz CT molecular complexity index is 1510. The maximum absolute atomic E-state index is 12.5. The summed E-state index contributed by atoms with van der Waals surface area (Å²) >= 11 is 0. The standard InChI is InChI=1S/C25H21N7O3/c33-23-14-11-20(29-31(23)17-18-7-3-1-4-8-18)25(34)26-15-16-35-22-13-12-21-27-28-24(32(21)30-22)19-9-5-2-6-10-19/h1-14H,15-17H2,(H,26,34). The van der Waals surface area contributed by atoms with Gasteiger partial charge in [0.1, 0.15) is 12.3 Å². The van der Waals surface area contributed by atoms with E-state index in [9.17, 15) is 9.59 Å². The molecule has 3 heterocycles. The Hall–Kier alpha value is -4.86. The summed E-state index contributed by atoms with van der Waals surface area (Å²) < 4.78 is 8.59. The highest BCUT2D eigenvalue weighted by atomic mass is 16.5. The molecule has 0 saturated heterocycles. The van der Waals surface area contributed by atoms with E-state index in [2.05, 4.69) is 25.7 Å². The van der Waals surface area contributed by atoms with Gasteiger partial charge in [-0.2, -0.15) is 9.61 Å². The first-order chi connectivity index (χ1) is 17.2. The van der Waals surface area contributed by atoms with Gasteiger partial charge in [-0.1, -0.05) is 60.7 Å². The highest BCUT2D eigenvalue weighted by Gasteiger charge is 2.12. The van der Waals surface area contributed by atoms with Crippen LogP contribution in [0.4, 0.5) is 0 Å². The normalized spacial score (nSPS) is 10.9. The van der Waals surface area contributed by atoms with E-state index in [4.69, 9.17) is 4.74 Å². The van der Waals surface area contributed by atoms with Gasteiger partial charge < -0.3 is 10.1 Å². The predicted octanol–water partition coefficient (Wildman–Crippen LogP) is 2.21. The molecule has 0 unspecified atom stereocenters. The van der Waals surface area contributed by atoms with Crippen LogP contribution < -0.4 is 15.6 Å². The van der Waals surface area contributed by atoms with Crippen LogP contribution in [0.5, 0.6) is 5.88 Å². The Morgan fingerprint density at radius 1 is 0.857 bits per heavy atom. The zero-order chi connectivity index (χ0) is 24.0. The molecule has 10 nitrogen and oxygen atoms in total. The molecule has 0 aliphatic carbocycles. The van der Waals surface area contributed by atoms with E-state index in [-0.39, 0.29) is 30.9 Å². The molecule has 1 amide bonds. The van der Waals surface area contributed by atoms with Crippen molar-refractivity contribution in [2.45, 2.75) is 6.54 Å². The maximum atomic E-state index is 12.5. The summed E-state index contributed by atoms with van der Waals surface area (Å²) in [5, 5.41) is 19.7. The number of fused-ring (bicyclic) bond motifs is 1. The number of amides is 1. The number of ether oxygens (including phenoxy) is 1. The molecular formula is C25H21N7O3. The molecule has 35 heavy (non-hydrogen) atoms. The van der Waals surface area contributed by atoms with Gasteiger partial charge in [0.05, 0.1) is 13.1 Å². The molecule has 1 N–H and O–H groups in total. The molecule has 0 fully saturated rings. The lowest BCUT2D eigenvalue weighted by Crippen LogP contribution is -2.32. The largest absolute Gasteiger partial charge is 0.475 e. The Balaban J connectivity index is 1.20. The van der Waals surface area contributed by atoms with Gasteiger partial charge in [-0.05, 0) is 17.7 Å². The summed E-state index contributed by atoms with van der Waals surface area (Å²) in [7, 11) is 0. The number of benzene rings is 2. The molecular weight excluding hydrogens is 446 g/mol. The number of carbonyl (C=O) groups excluding carboxylic acids is 1. The lowest BCUT2D eigenvalue weighted by Gasteiger charge is -2.09. The third-order valence-electron chi connectivity index (χ3n) is 5.18. The van der Waals surface area contributed by atoms with Crippen molar-refractivity contribution in [3.05, 3.63) is 107 Å². The van der Waals surface area contributed by atoms with Crippen molar-refractivity contribution in [2.75, 3.05) is 13.2 Å². The van der Waals surface area contributed by atoms with Crippen molar-refractivity contribution in [3.8, 4) is 17.3 Å². The average molecular weight is 467 g/mol. The second-order valence-electron chi connectivity index (χ2n) is 7.64. The fourth-order valence-corrected chi connectivity index (χ4v) is 3.47. The van der Waals surface area contributed by atoms with Crippen molar-refractivity contribution < 1.29 is 9.53 Å². The molecule has 174 valence electrons. The molecule has 0 radical (unpaired) electrons. The monoisotopic (exact) mass is 467 g/mol. The van der Waals surface area contributed by atoms with Crippen molar-refractivity contribution in [2.24, 2.45) is 0 Å². The number of nitrogens with zero attached hydrogens (tertiary/aromatic N) is 6. The minimum atomic E-state index is -0.399. The molecule has 3 aromatic heterocycles. The van der Waals surface area contributed by atoms with Crippen LogP contribution in [0.15, 0.2) is 89.7 Å². The van der Waals surface area contributed by atoms with E-state index in [0.717, 1.165) is 11.1 Å². The molecule has 0 bridgehead atoms. The Kier molecular flexibility index (Phi) is 6.25. The zero-order valence-corrected chi connectivity index (χ0v) is 18.6. The van der Waals surface area contributed by atoms with Crippen molar-refractivity contribution in [3.63, 3.8) is 0 Å². The van der Waals surface area contributed by atoms with Crippen molar-refractivity contribution in [1.29, 1.82) is 0 Å². The maximum Gasteiger partial charge on any atom is 0.271 e. The lowest BCUT2D eigenvalue weighted by molar-refractivity contribution is 0.0939. The van der Waals surface area contributed by atoms with E-state index >= 15 is 0 Å². The molecule has 0 atom stereocenters. The van der Waals surface area contributed by atoms with Gasteiger partial charge in [0.15, 0.2) is 11.5 Å². The number of nitrogens with one attached hydrogen (secondary N) is 1. The average Bonchev–Trinajstić information content (AvgIpc) is 3.32. The Morgan fingerprint density at radius 3 is 2.43 bits per heavy atom. The van der Waals surface area contributed by atoms with Crippen LogP contribution in [-0.4, -0.2) is 48.7 Å². The number of carbonyl (C=O) groups is 1. The first kappa shape index (κ1) is 22.0. The van der Waals surface area contributed by atoms with Crippen LogP contribution in [-0.2, 0) is 6.54 Å². The van der Waals surface area contributed by atoms with Crippen molar-refractivity contribution >= 4 is 11.6 Å². The third-order valence-corrected chi connectivity index (χ3v) is 5.18. The fraction of sp³-hybridized carbons (Fsp3) is 0.120. The van der Waals surface area contributed by atoms with E-state index in [1.165, 1.54) is 16.8 Å².